The maximum atomic E-state index is 6.07. The van der Waals surface area contributed by atoms with E-state index in [-0.39, 0.29) is 0 Å². The Balaban J connectivity index is 1.92. The van der Waals surface area contributed by atoms with E-state index in [4.69, 9.17) is 10.7 Å². The highest BCUT2D eigenvalue weighted by atomic mass is 15.3. The second-order valence-electron chi connectivity index (χ2n) is 5.09. The van der Waals surface area contributed by atoms with Crippen molar-refractivity contribution in [2.24, 2.45) is 0 Å². The number of rotatable bonds is 1. The maximum absolute atomic E-state index is 6.07. The number of hydrogen-bond acceptors (Lipinski definition) is 4. The van der Waals surface area contributed by atoms with E-state index in [1.807, 2.05) is 0 Å². The summed E-state index contributed by atoms with van der Waals surface area (Å²) in [7, 11) is 0. The molecule has 0 atom stereocenters. The first-order valence-electron chi connectivity index (χ1n) is 6.75. The number of nitrogens with two attached hydrogens (primary N) is 1. The minimum atomic E-state index is 0.718. The van der Waals surface area contributed by atoms with Crippen LogP contribution in [-0.4, -0.2) is 23.1 Å². The van der Waals surface area contributed by atoms with Gasteiger partial charge in [-0.25, -0.2) is 4.98 Å². The Morgan fingerprint density at radius 1 is 0.882 bits per heavy atom. The molecule has 1 aliphatic carbocycles. The molecule has 92 valence electrons. The molecule has 0 spiro atoms. The van der Waals surface area contributed by atoms with E-state index in [0.29, 0.717) is 0 Å². The fourth-order valence-corrected chi connectivity index (χ4v) is 2.84. The first-order chi connectivity index (χ1) is 8.34. The normalized spacial score (nSPS) is 20.1. The SMILES string of the molecule is Nc1nc(N2CCCCC2)nc2c1CCCC2. The van der Waals surface area contributed by atoms with Crippen molar-refractivity contribution in [3.05, 3.63) is 11.3 Å². The van der Waals surface area contributed by atoms with Crippen molar-refractivity contribution in [2.75, 3.05) is 23.7 Å². The number of anilines is 2. The molecule has 0 bridgehead atoms. The Kier molecular flexibility index (Phi) is 2.87. The molecular formula is C13H20N4. The molecule has 1 fully saturated rings. The van der Waals surface area contributed by atoms with Crippen LogP contribution in [0.3, 0.4) is 0 Å². The zero-order chi connectivity index (χ0) is 11.7. The van der Waals surface area contributed by atoms with Crippen LogP contribution >= 0.6 is 0 Å². The summed E-state index contributed by atoms with van der Waals surface area (Å²) >= 11 is 0. The molecule has 0 radical (unpaired) electrons. The highest BCUT2D eigenvalue weighted by Crippen LogP contribution is 2.26. The van der Waals surface area contributed by atoms with Gasteiger partial charge in [-0.15, -0.1) is 0 Å². The van der Waals surface area contributed by atoms with Crippen LogP contribution in [0.25, 0.3) is 0 Å². The van der Waals surface area contributed by atoms with Gasteiger partial charge in [0.2, 0.25) is 5.95 Å². The van der Waals surface area contributed by atoms with Crippen molar-refractivity contribution in [2.45, 2.75) is 44.9 Å². The van der Waals surface area contributed by atoms with E-state index in [9.17, 15) is 0 Å². The average Bonchev–Trinajstić information content (AvgIpc) is 2.40. The van der Waals surface area contributed by atoms with Crippen molar-refractivity contribution in [3.63, 3.8) is 0 Å². The van der Waals surface area contributed by atoms with Gasteiger partial charge in [0.15, 0.2) is 0 Å². The van der Waals surface area contributed by atoms with Gasteiger partial charge in [0.1, 0.15) is 5.82 Å². The van der Waals surface area contributed by atoms with E-state index < -0.39 is 0 Å². The Hall–Kier alpha value is -1.32. The van der Waals surface area contributed by atoms with Crippen LogP contribution in [0.1, 0.15) is 43.4 Å². The average molecular weight is 232 g/mol. The predicted molar refractivity (Wildman–Crippen MR) is 69.2 cm³/mol. The quantitative estimate of drug-likeness (QED) is 0.804. The number of nitrogens with zero attached hydrogens (tertiary/aromatic N) is 3. The summed E-state index contributed by atoms with van der Waals surface area (Å²) < 4.78 is 0. The van der Waals surface area contributed by atoms with Crippen LogP contribution in [0.2, 0.25) is 0 Å². The van der Waals surface area contributed by atoms with Crippen LogP contribution in [0.4, 0.5) is 11.8 Å². The van der Waals surface area contributed by atoms with Gasteiger partial charge in [-0.05, 0) is 44.9 Å². The molecule has 1 aromatic heterocycles. The zero-order valence-electron chi connectivity index (χ0n) is 10.3. The lowest BCUT2D eigenvalue weighted by Gasteiger charge is -2.28. The second kappa shape index (κ2) is 4.51. The fourth-order valence-electron chi connectivity index (χ4n) is 2.84. The Morgan fingerprint density at radius 2 is 1.65 bits per heavy atom. The third-order valence-electron chi connectivity index (χ3n) is 3.84. The Labute approximate surface area is 102 Å². The van der Waals surface area contributed by atoms with Crippen molar-refractivity contribution in [1.29, 1.82) is 0 Å². The molecule has 1 saturated heterocycles. The van der Waals surface area contributed by atoms with Gasteiger partial charge in [-0.3, -0.25) is 0 Å². The lowest BCUT2D eigenvalue weighted by atomic mass is 9.96. The molecule has 0 aromatic carbocycles. The van der Waals surface area contributed by atoms with Crippen molar-refractivity contribution >= 4 is 11.8 Å². The van der Waals surface area contributed by atoms with Gasteiger partial charge < -0.3 is 10.6 Å². The van der Waals surface area contributed by atoms with E-state index in [2.05, 4.69) is 9.88 Å². The van der Waals surface area contributed by atoms with Gasteiger partial charge in [-0.1, -0.05) is 0 Å². The predicted octanol–water partition coefficient (Wildman–Crippen LogP) is 1.93. The molecular weight excluding hydrogens is 212 g/mol. The number of nitrogen functional groups attached to an aromatic ring is 1. The molecule has 17 heavy (non-hydrogen) atoms. The maximum Gasteiger partial charge on any atom is 0.227 e. The van der Waals surface area contributed by atoms with Crippen molar-refractivity contribution in [1.82, 2.24) is 9.97 Å². The van der Waals surface area contributed by atoms with Crippen LogP contribution in [0, 0.1) is 0 Å². The third-order valence-corrected chi connectivity index (χ3v) is 3.84. The number of aromatic nitrogens is 2. The smallest absolute Gasteiger partial charge is 0.227 e. The van der Waals surface area contributed by atoms with Crippen LogP contribution < -0.4 is 10.6 Å². The first kappa shape index (κ1) is 10.8. The molecule has 1 aromatic rings. The molecule has 2 N–H and O–H groups in total. The standard InChI is InChI=1S/C13H20N4/c14-12-10-6-2-3-7-11(10)15-13(16-12)17-8-4-1-5-9-17/h1-9H2,(H2,14,15,16). The number of piperidine rings is 1. The van der Waals surface area contributed by atoms with E-state index in [0.717, 1.165) is 37.7 Å². The lowest BCUT2D eigenvalue weighted by Crippen LogP contribution is -2.32. The van der Waals surface area contributed by atoms with Gasteiger partial charge >= 0.3 is 0 Å². The van der Waals surface area contributed by atoms with Gasteiger partial charge in [0, 0.05) is 18.7 Å². The van der Waals surface area contributed by atoms with Gasteiger partial charge in [0.25, 0.3) is 0 Å². The van der Waals surface area contributed by atoms with Crippen LogP contribution in [-0.2, 0) is 12.8 Å². The number of fused-ring (bicyclic) bond motifs is 1. The van der Waals surface area contributed by atoms with Crippen molar-refractivity contribution < 1.29 is 0 Å². The van der Waals surface area contributed by atoms with Crippen molar-refractivity contribution in [3.8, 4) is 0 Å². The highest BCUT2D eigenvalue weighted by Gasteiger charge is 2.19. The topological polar surface area (TPSA) is 55.0 Å². The Bertz CT molecular complexity index is 410. The zero-order valence-corrected chi connectivity index (χ0v) is 10.3. The summed E-state index contributed by atoms with van der Waals surface area (Å²) in [5.41, 5.74) is 8.48. The number of aryl methyl sites for hydroxylation is 1. The van der Waals surface area contributed by atoms with Crippen LogP contribution in [0.5, 0.6) is 0 Å². The molecule has 0 amide bonds. The molecule has 4 nitrogen and oxygen atoms in total. The third kappa shape index (κ3) is 2.08. The fraction of sp³-hybridized carbons (Fsp3) is 0.692. The lowest BCUT2D eigenvalue weighted by molar-refractivity contribution is 0.564. The van der Waals surface area contributed by atoms with Gasteiger partial charge in [0.05, 0.1) is 5.69 Å². The summed E-state index contributed by atoms with van der Waals surface area (Å²) in [6.07, 6.45) is 8.43. The minimum absolute atomic E-state index is 0.718. The molecule has 3 rings (SSSR count). The molecule has 0 saturated carbocycles. The summed E-state index contributed by atoms with van der Waals surface area (Å²) in [5.74, 6) is 1.58. The Morgan fingerprint density at radius 3 is 2.47 bits per heavy atom. The molecule has 0 unspecified atom stereocenters. The summed E-state index contributed by atoms with van der Waals surface area (Å²) in [5, 5.41) is 0. The van der Waals surface area contributed by atoms with Crippen LogP contribution in [0.15, 0.2) is 0 Å². The molecule has 1 aliphatic heterocycles. The van der Waals surface area contributed by atoms with E-state index in [1.54, 1.807) is 0 Å². The van der Waals surface area contributed by atoms with E-state index in [1.165, 1.54) is 43.4 Å². The summed E-state index contributed by atoms with van der Waals surface area (Å²) in [6, 6.07) is 0. The largest absolute Gasteiger partial charge is 0.383 e. The monoisotopic (exact) mass is 232 g/mol. The number of hydrogen-bond donors (Lipinski definition) is 1. The minimum Gasteiger partial charge on any atom is -0.383 e. The second-order valence-corrected chi connectivity index (χ2v) is 5.09. The molecule has 4 heteroatoms. The van der Waals surface area contributed by atoms with E-state index >= 15 is 0 Å². The highest BCUT2D eigenvalue weighted by molar-refractivity contribution is 5.49. The molecule has 2 heterocycles. The first-order valence-corrected chi connectivity index (χ1v) is 6.75. The molecule has 2 aliphatic rings. The van der Waals surface area contributed by atoms with Gasteiger partial charge in [-0.2, -0.15) is 4.98 Å². The summed E-state index contributed by atoms with van der Waals surface area (Å²) in [4.78, 5) is 11.5. The summed E-state index contributed by atoms with van der Waals surface area (Å²) in [6.45, 7) is 2.16.